The zero-order valence-electron chi connectivity index (χ0n) is 13.2. The second kappa shape index (κ2) is 5.81. The van der Waals surface area contributed by atoms with Gasteiger partial charge < -0.3 is 9.73 Å². The highest BCUT2D eigenvalue weighted by Crippen LogP contribution is 2.27. The number of halogens is 1. The minimum atomic E-state index is -0.443. The summed E-state index contributed by atoms with van der Waals surface area (Å²) in [7, 11) is 0. The molecule has 3 aromatic rings. The number of carbonyl (C=O) groups is 1. The average Bonchev–Trinajstić information content (AvgIpc) is 2.90. The number of aromatic nitrogens is 1. The largest absolute Gasteiger partial charge is 0.436 e. The number of nitrogens with zero attached hydrogens (tertiary/aromatic N) is 1. The van der Waals surface area contributed by atoms with E-state index < -0.39 is 5.41 Å². The van der Waals surface area contributed by atoms with E-state index in [0.29, 0.717) is 17.2 Å². The van der Waals surface area contributed by atoms with Crippen LogP contribution in [-0.4, -0.2) is 10.9 Å². The Bertz CT molecular complexity index is 861. The van der Waals surface area contributed by atoms with Crippen LogP contribution in [0.15, 0.2) is 51.4 Å². The van der Waals surface area contributed by atoms with E-state index in [2.05, 4.69) is 26.2 Å². The number of benzene rings is 2. The van der Waals surface area contributed by atoms with Gasteiger partial charge in [-0.25, -0.2) is 4.98 Å². The molecule has 118 valence electrons. The van der Waals surface area contributed by atoms with Crippen molar-refractivity contribution in [3.63, 3.8) is 0 Å². The first kappa shape index (κ1) is 15.7. The zero-order chi connectivity index (χ0) is 16.6. The van der Waals surface area contributed by atoms with Crippen molar-refractivity contribution in [2.75, 3.05) is 5.32 Å². The van der Waals surface area contributed by atoms with Crippen LogP contribution in [0.1, 0.15) is 20.8 Å². The lowest BCUT2D eigenvalue weighted by Gasteiger charge is -2.17. The highest BCUT2D eigenvalue weighted by Gasteiger charge is 2.21. The van der Waals surface area contributed by atoms with E-state index in [1.807, 2.05) is 63.2 Å². The van der Waals surface area contributed by atoms with Crippen molar-refractivity contribution < 1.29 is 9.21 Å². The molecule has 5 heteroatoms. The van der Waals surface area contributed by atoms with E-state index in [9.17, 15) is 4.79 Å². The van der Waals surface area contributed by atoms with Gasteiger partial charge in [-0.15, -0.1) is 0 Å². The van der Waals surface area contributed by atoms with Crippen LogP contribution in [-0.2, 0) is 4.79 Å². The summed E-state index contributed by atoms with van der Waals surface area (Å²) in [5, 5.41) is 2.90. The Morgan fingerprint density at radius 2 is 1.83 bits per heavy atom. The fourth-order valence-corrected chi connectivity index (χ4v) is 2.30. The van der Waals surface area contributed by atoms with Crippen molar-refractivity contribution in [1.29, 1.82) is 0 Å². The molecule has 0 saturated carbocycles. The summed E-state index contributed by atoms with van der Waals surface area (Å²) in [6.45, 7) is 5.63. The van der Waals surface area contributed by atoms with Crippen molar-refractivity contribution in [3.8, 4) is 11.5 Å². The summed E-state index contributed by atoms with van der Waals surface area (Å²) >= 11 is 3.41. The highest BCUT2D eigenvalue weighted by atomic mass is 79.9. The van der Waals surface area contributed by atoms with Crippen molar-refractivity contribution >= 4 is 38.6 Å². The number of nitrogens with one attached hydrogen (secondary N) is 1. The fourth-order valence-electron chi connectivity index (χ4n) is 2.04. The summed E-state index contributed by atoms with van der Waals surface area (Å²) in [6.07, 6.45) is 0. The summed E-state index contributed by atoms with van der Waals surface area (Å²) in [4.78, 5) is 16.6. The number of oxazole rings is 1. The molecule has 0 radical (unpaired) electrons. The Kier molecular flexibility index (Phi) is 3.98. The maximum absolute atomic E-state index is 12.1. The topological polar surface area (TPSA) is 55.1 Å². The quantitative estimate of drug-likeness (QED) is 0.668. The van der Waals surface area contributed by atoms with Gasteiger partial charge in [0.05, 0.1) is 0 Å². The van der Waals surface area contributed by atoms with Gasteiger partial charge in [-0.1, -0.05) is 36.7 Å². The molecule has 0 aliphatic carbocycles. The van der Waals surface area contributed by atoms with Gasteiger partial charge in [0, 0.05) is 21.1 Å². The lowest BCUT2D eigenvalue weighted by molar-refractivity contribution is -0.123. The molecule has 1 aromatic heterocycles. The molecule has 3 rings (SSSR count). The highest BCUT2D eigenvalue weighted by molar-refractivity contribution is 9.10. The number of carbonyl (C=O) groups excluding carboxylic acids is 1. The number of fused-ring (bicyclic) bond motifs is 1. The third-order valence-corrected chi connectivity index (χ3v) is 3.95. The van der Waals surface area contributed by atoms with E-state index in [4.69, 9.17) is 4.42 Å². The molecule has 0 bridgehead atoms. The summed E-state index contributed by atoms with van der Waals surface area (Å²) in [6, 6.07) is 13.2. The van der Waals surface area contributed by atoms with Crippen molar-refractivity contribution in [3.05, 3.63) is 46.9 Å². The lowest BCUT2D eigenvalue weighted by Crippen LogP contribution is -2.27. The second-order valence-electron chi connectivity index (χ2n) is 6.41. The van der Waals surface area contributed by atoms with Crippen LogP contribution in [0.3, 0.4) is 0 Å². The van der Waals surface area contributed by atoms with Gasteiger partial charge in [0.15, 0.2) is 5.58 Å². The molecule has 1 amide bonds. The predicted molar refractivity (Wildman–Crippen MR) is 95.2 cm³/mol. The molecule has 1 N–H and O–H groups in total. The zero-order valence-corrected chi connectivity index (χ0v) is 14.8. The number of hydrogen-bond acceptors (Lipinski definition) is 3. The molecular weight excluding hydrogens is 356 g/mol. The van der Waals surface area contributed by atoms with E-state index in [-0.39, 0.29) is 5.91 Å². The van der Waals surface area contributed by atoms with Gasteiger partial charge in [-0.2, -0.15) is 0 Å². The minimum Gasteiger partial charge on any atom is -0.436 e. The molecule has 1 heterocycles. The monoisotopic (exact) mass is 372 g/mol. The Morgan fingerprint density at radius 3 is 2.48 bits per heavy atom. The third-order valence-electron chi connectivity index (χ3n) is 3.42. The Labute approximate surface area is 143 Å². The van der Waals surface area contributed by atoms with Gasteiger partial charge in [0.1, 0.15) is 5.52 Å². The molecule has 4 nitrogen and oxygen atoms in total. The first-order chi connectivity index (χ1) is 10.8. The molecule has 2 aromatic carbocycles. The minimum absolute atomic E-state index is 0.0338. The standard InChI is InChI=1S/C18H17BrN2O2/c1-18(2,3)17(22)20-13-8-9-15-14(10-13)21-16(23-15)11-4-6-12(19)7-5-11/h4-10H,1-3H3,(H,20,22). The SMILES string of the molecule is CC(C)(C)C(=O)Nc1ccc2oc(-c3ccc(Br)cc3)nc2c1. The third kappa shape index (κ3) is 3.45. The first-order valence-corrected chi connectivity index (χ1v) is 8.10. The van der Waals surface area contributed by atoms with E-state index in [1.54, 1.807) is 0 Å². The van der Waals surface area contributed by atoms with E-state index in [1.165, 1.54) is 0 Å². The normalized spacial score (nSPS) is 11.7. The van der Waals surface area contributed by atoms with Gasteiger partial charge in [0.25, 0.3) is 0 Å². The van der Waals surface area contributed by atoms with Crippen molar-refractivity contribution in [1.82, 2.24) is 4.98 Å². The fraction of sp³-hybridized carbons (Fsp3) is 0.222. The molecule has 23 heavy (non-hydrogen) atoms. The predicted octanol–water partition coefficient (Wildman–Crippen LogP) is 5.24. The van der Waals surface area contributed by atoms with Crippen LogP contribution < -0.4 is 5.32 Å². The number of hydrogen-bond donors (Lipinski definition) is 1. The van der Waals surface area contributed by atoms with Crippen LogP contribution in [0.2, 0.25) is 0 Å². The van der Waals surface area contributed by atoms with Gasteiger partial charge in [0.2, 0.25) is 11.8 Å². The molecular formula is C18H17BrN2O2. The van der Waals surface area contributed by atoms with E-state index >= 15 is 0 Å². The molecule has 0 spiro atoms. The van der Waals surface area contributed by atoms with Gasteiger partial charge in [-0.3, -0.25) is 4.79 Å². The maximum atomic E-state index is 12.1. The molecule has 0 saturated heterocycles. The van der Waals surface area contributed by atoms with Crippen molar-refractivity contribution in [2.24, 2.45) is 5.41 Å². The molecule has 0 aliphatic heterocycles. The Morgan fingerprint density at radius 1 is 1.13 bits per heavy atom. The summed E-state index contributed by atoms with van der Waals surface area (Å²) in [5.41, 5.74) is 2.59. The van der Waals surface area contributed by atoms with Crippen LogP contribution in [0.5, 0.6) is 0 Å². The van der Waals surface area contributed by atoms with Crippen LogP contribution in [0.4, 0.5) is 5.69 Å². The van der Waals surface area contributed by atoms with Gasteiger partial charge in [-0.05, 0) is 42.5 Å². The van der Waals surface area contributed by atoms with Crippen LogP contribution in [0.25, 0.3) is 22.6 Å². The average molecular weight is 373 g/mol. The molecule has 0 unspecified atom stereocenters. The Balaban J connectivity index is 1.92. The second-order valence-corrected chi connectivity index (χ2v) is 7.33. The van der Waals surface area contributed by atoms with Crippen LogP contribution >= 0.6 is 15.9 Å². The first-order valence-electron chi connectivity index (χ1n) is 7.31. The molecule has 0 atom stereocenters. The summed E-state index contributed by atoms with van der Waals surface area (Å²) in [5.74, 6) is 0.528. The van der Waals surface area contributed by atoms with E-state index in [0.717, 1.165) is 15.6 Å². The maximum Gasteiger partial charge on any atom is 0.229 e. The lowest BCUT2D eigenvalue weighted by atomic mass is 9.95. The Hall–Kier alpha value is -2.14. The number of anilines is 1. The van der Waals surface area contributed by atoms with Crippen molar-refractivity contribution in [2.45, 2.75) is 20.8 Å². The molecule has 0 fully saturated rings. The molecule has 0 aliphatic rings. The summed E-state index contributed by atoms with van der Waals surface area (Å²) < 4.78 is 6.79. The van der Waals surface area contributed by atoms with Gasteiger partial charge >= 0.3 is 0 Å². The number of rotatable bonds is 2. The van der Waals surface area contributed by atoms with Crippen LogP contribution in [0, 0.1) is 5.41 Å². The number of amides is 1. The smallest absolute Gasteiger partial charge is 0.229 e.